The predicted molar refractivity (Wildman–Crippen MR) is 69.4 cm³/mol. The number of hydrogen-bond acceptors (Lipinski definition) is 0. The largest absolute Gasteiger partial charge is 0.113 e. The van der Waals surface area contributed by atoms with E-state index in [2.05, 4.69) is 24.8 Å². The van der Waals surface area contributed by atoms with Gasteiger partial charge in [-0.15, -0.1) is 0 Å². The number of hydrogen-bond donors (Lipinski definition) is 0. The Morgan fingerprint density at radius 3 is 2.50 bits per heavy atom. The minimum atomic E-state index is 0.463. The van der Waals surface area contributed by atoms with Crippen molar-refractivity contribution in [3.63, 3.8) is 0 Å². The van der Waals surface area contributed by atoms with Crippen LogP contribution in [-0.2, 0) is 11.8 Å². The van der Waals surface area contributed by atoms with E-state index in [1.54, 1.807) is 5.56 Å². The lowest BCUT2D eigenvalue weighted by Gasteiger charge is -2.35. The van der Waals surface area contributed by atoms with Crippen LogP contribution in [-0.4, -0.2) is 7.85 Å². The fraction of sp³-hybridized carbons (Fsp3) is 0.467. The van der Waals surface area contributed by atoms with Gasteiger partial charge in [-0.1, -0.05) is 35.8 Å². The van der Waals surface area contributed by atoms with Crippen LogP contribution in [0, 0.1) is 0 Å². The molecule has 3 rings (SSSR count). The normalized spacial score (nSPS) is 22.4. The Morgan fingerprint density at radius 1 is 1.06 bits per heavy atom. The van der Waals surface area contributed by atoms with Crippen molar-refractivity contribution in [1.29, 1.82) is 0 Å². The Hall–Kier alpha value is -0.975. The first-order valence-electron chi connectivity index (χ1n) is 6.25. The highest BCUT2D eigenvalue weighted by molar-refractivity contribution is 6.32. The fourth-order valence-electron chi connectivity index (χ4n) is 3.45. The van der Waals surface area contributed by atoms with E-state index >= 15 is 0 Å². The number of aryl methyl sites for hydroxylation is 1. The van der Waals surface area contributed by atoms with Gasteiger partial charge in [0, 0.05) is 0 Å². The summed E-state index contributed by atoms with van der Waals surface area (Å²) >= 11 is 0. The van der Waals surface area contributed by atoms with Crippen LogP contribution in [0.3, 0.4) is 0 Å². The highest BCUT2D eigenvalue weighted by Crippen LogP contribution is 2.49. The first kappa shape index (κ1) is 10.2. The van der Waals surface area contributed by atoms with E-state index in [-0.39, 0.29) is 0 Å². The Morgan fingerprint density at radius 2 is 1.75 bits per heavy atom. The quantitative estimate of drug-likeness (QED) is 0.454. The molecule has 1 spiro atoms. The smallest absolute Gasteiger partial charge is 0.0999 e. The van der Waals surface area contributed by atoms with Crippen LogP contribution >= 0.6 is 0 Å². The second kappa shape index (κ2) is 3.51. The standard InChI is InChI=1S/C15H17B/c1-11-4-7-15(8-5-11)9-6-12-10-13(16)2-3-14(12)15/h2-3,10H,1,4-9H2. The SMILES string of the molecule is [B]c1ccc2c(c1)CCC21CCC(=C)CC1. The van der Waals surface area contributed by atoms with Crippen LogP contribution in [0.25, 0.3) is 0 Å². The third-order valence-electron chi connectivity index (χ3n) is 4.49. The molecule has 1 aromatic rings. The van der Waals surface area contributed by atoms with Crippen molar-refractivity contribution >= 4 is 13.3 Å². The molecule has 0 atom stereocenters. The molecular weight excluding hydrogens is 191 g/mol. The van der Waals surface area contributed by atoms with E-state index in [0.29, 0.717) is 5.41 Å². The molecule has 0 saturated heterocycles. The molecule has 1 heteroatoms. The topological polar surface area (TPSA) is 0 Å². The zero-order valence-corrected chi connectivity index (χ0v) is 9.76. The summed E-state index contributed by atoms with van der Waals surface area (Å²) in [7, 11) is 5.86. The van der Waals surface area contributed by atoms with Crippen LogP contribution in [0.1, 0.15) is 43.2 Å². The molecule has 0 bridgehead atoms. The summed E-state index contributed by atoms with van der Waals surface area (Å²) in [4.78, 5) is 0. The Bertz CT molecular complexity index is 435. The van der Waals surface area contributed by atoms with Crippen molar-refractivity contribution in [2.75, 3.05) is 0 Å². The zero-order chi connectivity index (χ0) is 11.2. The van der Waals surface area contributed by atoms with Crippen LogP contribution < -0.4 is 5.46 Å². The van der Waals surface area contributed by atoms with Gasteiger partial charge in [-0.05, 0) is 55.1 Å². The lowest BCUT2D eigenvalue weighted by Crippen LogP contribution is -2.26. The van der Waals surface area contributed by atoms with E-state index in [1.807, 2.05) is 0 Å². The summed E-state index contributed by atoms with van der Waals surface area (Å²) in [5.74, 6) is 0. The van der Waals surface area contributed by atoms with E-state index in [4.69, 9.17) is 7.85 Å². The molecule has 1 saturated carbocycles. The molecule has 0 aromatic heterocycles. The fourth-order valence-corrected chi connectivity index (χ4v) is 3.45. The molecule has 0 unspecified atom stereocenters. The van der Waals surface area contributed by atoms with E-state index in [9.17, 15) is 0 Å². The third kappa shape index (κ3) is 1.45. The number of fused-ring (bicyclic) bond motifs is 2. The van der Waals surface area contributed by atoms with Crippen LogP contribution in [0.4, 0.5) is 0 Å². The van der Waals surface area contributed by atoms with Gasteiger partial charge in [0.05, 0.1) is 0 Å². The van der Waals surface area contributed by atoms with Gasteiger partial charge in [-0.2, -0.15) is 0 Å². The van der Waals surface area contributed by atoms with Crippen molar-refractivity contribution in [3.05, 3.63) is 41.5 Å². The van der Waals surface area contributed by atoms with Crippen LogP contribution in [0.5, 0.6) is 0 Å². The van der Waals surface area contributed by atoms with Crippen molar-refractivity contribution < 1.29 is 0 Å². The third-order valence-corrected chi connectivity index (χ3v) is 4.49. The molecule has 0 aliphatic heterocycles. The summed E-state index contributed by atoms with van der Waals surface area (Å²) in [6.07, 6.45) is 7.55. The molecule has 0 N–H and O–H groups in total. The van der Waals surface area contributed by atoms with Crippen LogP contribution in [0.15, 0.2) is 30.4 Å². The summed E-state index contributed by atoms with van der Waals surface area (Å²) in [5.41, 5.74) is 5.89. The van der Waals surface area contributed by atoms with Gasteiger partial charge in [-0.3, -0.25) is 0 Å². The monoisotopic (exact) mass is 208 g/mol. The summed E-state index contributed by atoms with van der Waals surface area (Å²) in [5, 5.41) is 0. The second-order valence-corrected chi connectivity index (χ2v) is 5.45. The van der Waals surface area contributed by atoms with E-state index in [1.165, 1.54) is 49.7 Å². The molecular formula is C15H17B. The highest BCUT2D eigenvalue weighted by atomic mass is 14.4. The van der Waals surface area contributed by atoms with Gasteiger partial charge in [0.15, 0.2) is 0 Å². The van der Waals surface area contributed by atoms with E-state index < -0.39 is 0 Å². The predicted octanol–water partition coefficient (Wildman–Crippen LogP) is 2.79. The molecule has 0 heterocycles. The Kier molecular flexibility index (Phi) is 2.24. The summed E-state index contributed by atoms with van der Waals surface area (Å²) in [6.45, 7) is 4.12. The van der Waals surface area contributed by atoms with Gasteiger partial charge in [0.2, 0.25) is 0 Å². The molecule has 16 heavy (non-hydrogen) atoms. The number of allylic oxidation sites excluding steroid dienone is 1. The molecule has 80 valence electrons. The van der Waals surface area contributed by atoms with Gasteiger partial charge in [-0.25, -0.2) is 0 Å². The van der Waals surface area contributed by atoms with Crippen molar-refractivity contribution in [2.45, 2.75) is 43.9 Å². The van der Waals surface area contributed by atoms with Gasteiger partial charge >= 0.3 is 0 Å². The minimum Gasteiger partial charge on any atom is -0.0999 e. The number of rotatable bonds is 0. The maximum absolute atomic E-state index is 5.86. The molecule has 1 fully saturated rings. The van der Waals surface area contributed by atoms with Gasteiger partial charge in [0.25, 0.3) is 0 Å². The average Bonchev–Trinajstić information content (AvgIpc) is 2.62. The maximum atomic E-state index is 5.86. The van der Waals surface area contributed by atoms with Gasteiger partial charge in [0.1, 0.15) is 7.85 Å². The maximum Gasteiger partial charge on any atom is 0.113 e. The molecule has 1 aromatic carbocycles. The lowest BCUT2D eigenvalue weighted by molar-refractivity contribution is 0.331. The van der Waals surface area contributed by atoms with Crippen molar-refractivity contribution in [1.82, 2.24) is 0 Å². The molecule has 0 nitrogen and oxygen atoms in total. The van der Waals surface area contributed by atoms with Crippen LogP contribution in [0.2, 0.25) is 0 Å². The molecule has 0 amide bonds. The zero-order valence-electron chi connectivity index (χ0n) is 9.76. The Labute approximate surface area is 99.2 Å². The second-order valence-electron chi connectivity index (χ2n) is 5.45. The summed E-state index contributed by atoms with van der Waals surface area (Å²) in [6, 6.07) is 6.51. The highest BCUT2D eigenvalue weighted by Gasteiger charge is 2.39. The number of benzene rings is 1. The first-order chi connectivity index (χ1) is 7.70. The first-order valence-corrected chi connectivity index (χ1v) is 6.25. The lowest BCUT2D eigenvalue weighted by atomic mass is 9.69. The Balaban J connectivity index is 1.99. The van der Waals surface area contributed by atoms with Crippen molar-refractivity contribution in [3.8, 4) is 0 Å². The minimum absolute atomic E-state index is 0.463. The molecule has 2 aliphatic rings. The molecule has 2 radical (unpaired) electrons. The molecule has 2 aliphatic carbocycles. The summed E-state index contributed by atoms with van der Waals surface area (Å²) < 4.78 is 0. The van der Waals surface area contributed by atoms with Crippen molar-refractivity contribution in [2.24, 2.45) is 0 Å². The average molecular weight is 208 g/mol. The van der Waals surface area contributed by atoms with Gasteiger partial charge < -0.3 is 0 Å². The van der Waals surface area contributed by atoms with E-state index in [0.717, 1.165) is 5.46 Å².